The standard InChI is InChI=1S/C20H23N5O/c1-21-20(26)19-10-12-25(23-19)17-6-4-11-24(14-17)13-16-9-8-15-5-2-3-7-18(15)22-16/h2-3,5,7-10,12,17H,4,6,11,13-14H2,1H3,(H,21,26)/t17-/m1/s1. The zero-order valence-corrected chi connectivity index (χ0v) is 14.9. The Balaban J connectivity index is 1.46. The predicted molar refractivity (Wildman–Crippen MR) is 101 cm³/mol. The number of carbonyl (C=O) groups excluding carboxylic acids is 1. The van der Waals surface area contributed by atoms with E-state index in [4.69, 9.17) is 4.98 Å². The molecule has 1 aliphatic heterocycles. The van der Waals surface area contributed by atoms with Crippen molar-refractivity contribution in [1.29, 1.82) is 0 Å². The van der Waals surface area contributed by atoms with Crippen LogP contribution in [-0.2, 0) is 6.54 Å². The number of piperidine rings is 1. The van der Waals surface area contributed by atoms with Crippen LogP contribution < -0.4 is 5.32 Å². The molecule has 1 atom stereocenters. The highest BCUT2D eigenvalue weighted by Gasteiger charge is 2.23. The first kappa shape index (κ1) is 16.7. The van der Waals surface area contributed by atoms with Gasteiger partial charge < -0.3 is 5.32 Å². The molecule has 6 heteroatoms. The molecule has 0 bridgehead atoms. The molecule has 0 aliphatic carbocycles. The van der Waals surface area contributed by atoms with Gasteiger partial charge in [-0.2, -0.15) is 5.10 Å². The molecule has 0 saturated carbocycles. The van der Waals surface area contributed by atoms with Gasteiger partial charge in [0.2, 0.25) is 0 Å². The second-order valence-corrected chi connectivity index (χ2v) is 6.79. The number of nitrogens with one attached hydrogen (secondary N) is 1. The Morgan fingerprint density at radius 3 is 3.00 bits per heavy atom. The molecule has 1 saturated heterocycles. The van der Waals surface area contributed by atoms with Crippen LogP contribution in [0.4, 0.5) is 0 Å². The first-order valence-corrected chi connectivity index (χ1v) is 9.07. The molecular weight excluding hydrogens is 326 g/mol. The van der Waals surface area contributed by atoms with Gasteiger partial charge in [-0.15, -0.1) is 0 Å². The number of likely N-dealkylation sites (tertiary alicyclic amines) is 1. The fourth-order valence-electron chi connectivity index (χ4n) is 3.61. The summed E-state index contributed by atoms with van der Waals surface area (Å²) in [4.78, 5) is 18.9. The molecule has 4 rings (SSSR count). The largest absolute Gasteiger partial charge is 0.354 e. The summed E-state index contributed by atoms with van der Waals surface area (Å²) in [6.45, 7) is 2.82. The second kappa shape index (κ2) is 7.25. The highest BCUT2D eigenvalue weighted by molar-refractivity contribution is 5.91. The van der Waals surface area contributed by atoms with Crippen LogP contribution in [0.5, 0.6) is 0 Å². The van der Waals surface area contributed by atoms with Gasteiger partial charge in [0, 0.05) is 31.7 Å². The molecule has 0 unspecified atom stereocenters. The summed E-state index contributed by atoms with van der Waals surface area (Å²) in [5.74, 6) is -0.142. The first-order chi connectivity index (χ1) is 12.7. The van der Waals surface area contributed by atoms with E-state index >= 15 is 0 Å². The van der Waals surface area contributed by atoms with Gasteiger partial charge in [0.05, 0.1) is 17.3 Å². The zero-order valence-electron chi connectivity index (χ0n) is 14.9. The van der Waals surface area contributed by atoms with E-state index in [1.165, 1.54) is 5.39 Å². The third kappa shape index (κ3) is 3.46. The SMILES string of the molecule is CNC(=O)c1ccn([C@@H]2CCCN(Cc3ccc4ccccc4n3)C2)n1. The number of aromatic nitrogens is 3. The van der Waals surface area contributed by atoms with Crippen LogP contribution in [0, 0.1) is 0 Å². The van der Waals surface area contributed by atoms with Crippen molar-refractivity contribution in [2.45, 2.75) is 25.4 Å². The average Bonchev–Trinajstić information content (AvgIpc) is 3.18. The van der Waals surface area contributed by atoms with Crippen molar-refractivity contribution >= 4 is 16.8 Å². The van der Waals surface area contributed by atoms with Gasteiger partial charge in [-0.05, 0) is 37.6 Å². The summed E-state index contributed by atoms with van der Waals surface area (Å²) >= 11 is 0. The lowest BCUT2D eigenvalue weighted by molar-refractivity contribution is 0.0955. The maximum atomic E-state index is 11.7. The number of para-hydroxylation sites is 1. The Bertz CT molecular complexity index is 919. The second-order valence-electron chi connectivity index (χ2n) is 6.79. The quantitative estimate of drug-likeness (QED) is 0.786. The summed E-state index contributed by atoms with van der Waals surface area (Å²) in [6.07, 6.45) is 4.11. The van der Waals surface area contributed by atoms with Gasteiger partial charge in [0.25, 0.3) is 5.91 Å². The topological polar surface area (TPSA) is 63.1 Å². The van der Waals surface area contributed by atoms with E-state index in [1.807, 2.05) is 23.0 Å². The van der Waals surface area contributed by atoms with Gasteiger partial charge >= 0.3 is 0 Å². The summed E-state index contributed by atoms with van der Waals surface area (Å²) in [5.41, 5.74) is 2.61. The molecule has 26 heavy (non-hydrogen) atoms. The Kier molecular flexibility index (Phi) is 4.67. The molecule has 0 spiro atoms. The molecule has 134 valence electrons. The van der Waals surface area contributed by atoms with Gasteiger partial charge in [0.15, 0.2) is 0 Å². The van der Waals surface area contributed by atoms with E-state index < -0.39 is 0 Å². The van der Waals surface area contributed by atoms with Crippen LogP contribution in [0.1, 0.15) is 35.1 Å². The molecule has 3 heterocycles. The highest BCUT2D eigenvalue weighted by Crippen LogP contribution is 2.23. The van der Waals surface area contributed by atoms with E-state index in [2.05, 4.69) is 39.6 Å². The number of fused-ring (bicyclic) bond motifs is 1. The Hall–Kier alpha value is -2.73. The minimum atomic E-state index is -0.142. The number of hydrogen-bond acceptors (Lipinski definition) is 4. The smallest absolute Gasteiger partial charge is 0.271 e. The van der Waals surface area contributed by atoms with Crippen molar-refractivity contribution in [3.05, 3.63) is 60.0 Å². The fraction of sp³-hybridized carbons (Fsp3) is 0.350. The number of nitrogens with zero attached hydrogens (tertiary/aromatic N) is 4. The molecule has 1 N–H and O–H groups in total. The van der Waals surface area contributed by atoms with Crippen molar-refractivity contribution in [2.24, 2.45) is 0 Å². The zero-order chi connectivity index (χ0) is 17.9. The van der Waals surface area contributed by atoms with Crippen LogP contribution >= 0.6 is 0 Å². The third-order valence-corrected chi connectivity index (χ3v) is 4.96. The van der Waals surface area contributed by atoms with Gasteiger partial charge in [-0.1, -0.05) is 24.3 Å². The van der Waals surface area contributed by atoms with Crippen molar-refractivity contribution in [3.8, 4) is 0 Å². The predicted octanol–water partition coefficient (Wildman–Crippen LogP) is 2.63. The number of amides is 1. The maximum absolute atomic E-state index is 11.7. The number of pyridine rings is 1. The molecule has 1 amide bonds. The van der Waals surface area contributed by atoms with Crippen LogP contribution in [0.2, 0.25) is 0 Å². The van der Waals surface area contributed by atoms with Crippen molar-refractivity contribution < 1.29 is 4.79 Å². The number of rotatable bonds is 4. The number of hydrogen-bond donors (Lipinski definition) is 1. The molecule has 1 fully saturated rings. The Labute approximate surface area is 152 Å². The molecule has 1 aromatic carbocycles. The number of benzene rings is 1. The molecular formula is C20H23N5O. The van der Waals surface area contributed by atoms with Gasteiger partial charge in [-0.3, -0.25) is 19.4 Å². The lowest BCUT2D eigenvalue weighted by atomic mass is 10.1. The van der Waals surface area contributed by atoms with Crippen molar-refractivity contribution in [2.75, 3.05) is 20.1 Å². The summed E-state index contributed by atoms with van der Waals surface area (Å²) < 4.78 is 1.94. The lowest BCUT2D eigenvalue weighted by Crippen LogP contribution is -2.36. The van der Waals surface area contributed by atoms with E-state index in [0.717, 1.165) is 43.7 Å². The van der Waals surface area contributed by atoms with Gasteiger partial charge in [0.1, 0.15) is 5.69 Å². The first-order valence-electron chi connectivity index (χ1n) is 9.07. The molecule has 2 aromatic heterocycles. The van der Waals surface area contributed by atoms with E-state index in [1.54, 1.807) is 13.1 Å². The van der Waals surface area contributed by atoms with Crippen LogP contribution in [0.25, 0.3) is 10.9 Å². The minimum Gasteiger partial charge on any atom is -0.354 e. The maximum Gasteiger partial charge on any atom is 0.271 e. The van der Waals surface area contributed by atoms with E-state index in [0.29, 0.717) is 11.7 Å². The average molecular weight is 349 g/mol. The molecule has 6 nitrogen and oxygen atoms in total. The minimum absolute atomic E-state index is 0.142. The summed E-state index contributed by atoms with van der Waals surface area (Å²) in [7, 11) is 1.63. The van der Waals surface area contributed by atoms with E-state index in [-0.39, 0.29) is 5.91 Å². The Morgan fingerprint density at radius 1 is 1.23 bits per heavy atom. The molecule has 1 aliphatic rings. The summed E-state index contributed by atoms with van der Waals surface area (Å²) in [5, 5.41) is 8.24. The highest BCUT2D eigenvalue weighted by atomic mass is 16.1. The number of carbonyl (C=O) groups is 1. The van der Waals surface area contributed by atoms with Crippen LogP contribution in [-0.4, -0.2) is 45.7 Å². The normalized spacial score (nSPS) is 18.1. The van der Waals surface area contributed by atoms with Crippen LogP contribution in [0.15, 0.2) is 48.7 Å². The Morgan fingerprint density at radius 2 is 2.12 bits per heavy atom. The van der Waals surface area contributed by atoms with E-state index in [9.17, 15) is 4.79 Å². The molecule has 0 radical (unpaired) electrons. The van der Waals surface area contributed by atoms with Crippen molar-refractivity contribution in [1.82, 2.24) is 25.0 Å². The third-order valence-electron chi connectivity index (χ3n) is 4.96. The monoisotopic (exact) mass is 349 g/mol. The van der Waals surface area contributed by atoms with Crippen LogP contribution in [0.3, 0.4) is 0 Å². The lowest BCUT2D eigenvalue weighted by Gasteiger charge is -2.32. The van der Waals surface area contributed by atoms with Gasteiger partial charge in [-0.25, -0.2) is 0 Å². The fourth-order valence-corrected chi connectivity index (χ4v) is 3.61. The molecule has 3 aromatic rings. The summed E-state index contributed by atoms with van der Waals surface area (Å²) in [6, 6.07) is 14.5. The van der Waals surface area contributed by atoms with Crippen molar-refractivity contribution in [3.63, 3.8) is 0 Å².